The molecule has 1 fully saturated rings. The minimum absolute atomic E-state index is 0.00209. The highest BCUT2D eigenvalue weighted by molar-refractivity contribution is 6.02. The molecule has 0 spiro atoms. The zero-order valence-electron chi connectivity index (χ0n) is 42.2. The SMILES string of the molecule is CC[C@@]1(OC(C)=O)C(=O)OCc2c1cc1n(c2=O)Cc2c-1nc1cc(F)c(C)cc1c2CNC(=O)COCNC(=O)CNC(=O)[C@H](Cc1ccccc1)NC(=O)CNC(=O)CNC(=O)CCCCCN1C(=O)CCC1=O. The fraction of sp³-hybridized carbons (Fsp3) is 0.423. The summed E-state index contributed by atoms with van der Waals surface area (Å²) in [5.41, 5.74) is 0.771. The second-order valence-electron chi connectivity index (χ2n) is 18.4. The van der Waals surface area contributed by atoms with Gasteiger partial charge in [0.1, 0.15) is 31.8 Å². The predicted octanol–water partition coefficient (Wildman–Crippen LogP) is 0.590. The number of aryl methyl sites for hydroxylation is 1. The van der Waals surface area contributed by atoms with Crippen molar-refractivity contribution >= 4 is 70.1 Å². The molecule has 4 aromatic rings. The molecule has 0 bridgehead atoms. The largest absolute Gasteiger partial charge is 0.457 e. The number of likely N-dealkylation sites (tertiary alicyclic amines) is 1. The van der Waals surface area contributed by atoms with Crippen LogP contribution in [0.1, 0.15) is 92.2 Å². The molecule has 2 atom stereocenters. The number of cyclic esters (lactones) is 1. The van der Waals surface area contributed by atoms with Crippen molar-refractivity contribution in [1.82, 2.24) is 46.4 Å². The van der Waals surface area contributed by atoms with E-state index in [-0.39, 0.29) is 86.0 Å². The number of carbonyl (C=O) groups is 10. The van der Waals surface area contributed by atoms with E-state index in [1.165, 1.54) is 15.5 Å². The highest BCUT2D eigenvalue weighted by Gasteiger charge is 2.50. The third kappa shape index (κ3) is 13.1. The van der Waals surface area contributed by atoms with Crippen molar-refractivity contribution in [2.24, 2.45) is 0 Å². The summed E-state index contributed by atoms with van der Waals surface area (Å²) in [4.78, 5) is 146. The molecule has 2 aromatic heterocycles. The summed E-state index contributed by atoms with van der Waals surface area (Å²) in [7, 11) is 0. The smallest absolute Gasteiger partial charge is 0.355 e. The first kappa shape index (κ1) is 55.3. The Morgan fingerprint density at radius 2 is 1.51 bits per heavy atom. The molecule has 0 radical (unpaired) electrons. The molecule has 6 N–H and O–H groups in total. The maximum absolute atomic E-state index is 15.0. The summed E-state index contributed by atoms with van der Waals surface area (Å²) in [6.45, 7) is 1.75. The minimum Gasteiger partial charge on any atom is -0.457 e. The fourth-order valence-corrected chi connectivity index (χ4v) is 9.18. The number of aromatic nitrogens is 2. The fourth-order valence-electron chi connectivity index (χ4n) is 9.18. The lowest BCUT2D eigenvalue weighted by Crippen LogP contribution is -2.52. The second kappa shape index (κ2) is 24.7. The number of rotatable bonds is 24. The molecule has 0 unspecified atom stereocenters. The molecular formula is C52H58FN9O14. The highest BCUT2D eigenvalue weighted by Crippen LogP contribution is 2.42. The number of imide groups is 1. The van der Waals surface area contributed by atoms with Gasteiger partial charge in [-0.2, -0.15) is 0 Å². The molecule has 2 aromatic carbocycles. The first-order valence-electron chi connectivity index (χ1n) is 24.7. The number of nitrogens with zero attached hydrogens (tertiary/aromatic N) is 3. The molecule has 402 valence electrons. The normalized spacial score (nSPS) is 15.7. The van der Waals surface area contributed by atoms with Crippen molar-refractivity contribution in [3.63, 3.8) is 0 Å². The number of esters is 2. The highest BCUT2D eigenvalue weighted by atomic mass is 19.1. The van der Waals surface area contributed by atoms with Crippen LogP contribution in [-0.4, -0.2) is 119 Å². The van der Waals surface area contributed by atoms with Gasteiger partial charge in [0.25, 0.3) is 5.56 Å². The van der Waals surface area contributed by atoms with Gasteiger partial charge in [-0.1, -0.05) is 43.7 Å². The van der Waals surface area contributed by atoms with Crippen molar-refractivity contribution in [1.29, 1.82) is 0 Å². The number of hydrogen-bond acceptors (Lipinski definition) is 15. The van der Waals surface area contributed by atoms with Crippen LogP contribution in [0.4, 0.5) is 4.39 Å². The van der Waals surface area contributed by atoms with Crippen molar-refractivity contribution in [2.75, 3.05) is 39.5 Å². The summed E-state index contributed by atoms with van der Waals surface area (Å²) in [5, 5.41) is 15.6. The van der Waals surface area contributed by atoms with Crippen molar-refractivity contribution < 1.29 is 66.5 Å². The predicted molar refractivity (Wildman–Crippen MR) is 265 cm³/mol. The number of nitrogens with one attached hydrogen (secondary N) is 6. The van der Waals surface area contributed by atoms with E-state index in [0.29, 0.717) is 59.1 Å². The summed E-state index contributed by atoms with van der Waals surface area (Å²) in [5.74, 6) is -6.30. The van der Waals surface area contributed by atoms with E-state index < -0.39 is 103 Å². The minimum atomic E-state index is -1.88. The van der Waals surface area contributed by atoms with Crippen molar-refractivity contribution in [2.45, 2.75) is 103 Å². The molecule has 5 heterocycles. The first-order valence-corrected chi connectivity index (χ1v) is 24.7. The van der Waals surface area contributed by atoms with Gasteiger partial charge in [-0.25, -0.2) is 14.2 Å². The van der Waals surface area contributed by atoms with Gasteiger partial charge in [0.05, 0.1) is 48.6 Å². The zero-order chi connectivity index (χ0) is 54.7. The van der Waals surface area contributed by atoms with Gasteiger partial charge in [0.15, 0.2) is 0 Å². The third-order valence-electron chi connectivity index (χ3n) is 13.1. The van der Waals surface area contributed by atoms with E-state index in [4.69, 9.17) is 19.2 Å². The first-order chi connectivity index (χ1) is 36.4. The van der Waals surface area contributed by atoms with E-state index in [1.54, 1.807) is 56.3 Å². The van der Waals surface area contributed by atoms with E-state index in [9.17, 15) is 52.7 Å². The van der Waals surface area contributed by atoms with E-state index in [0.717, 1.165) is 6.92 Å². The van der Waals surface area contributed by atoms with E-state index >= 15 is 4.39 Å². The lowest BCUT2D eigenvalue weighted by molar-refractivity contribution is -0.188. The Balaban J connectivity index is 0.874. The number of carbonyl (C=O) groups excluding carboxylic acids is 10. The number of halogens is 1. The summed E-state index contributed by atoms with van der Waals surface area (Å²) in [6.07, 6.45) is 2.19. The van der Waals surface area contributed by atoms with Crippen LogP contribution >= 0.6 is 0 Å². The second-order valence-corrected chi connectivity index (χ2v) is 18.4. The Bertz CT molecular complexity index is 3040. The summed E-state index contributed by atoms with van der Waals surface area (Å²) < 4.78 is 32.7. The summed E-state index contributed by atoms with van der Waals surface area (Å²) >= 11 is 0. The number of hydrogen-bond donors (Lipinski definition) is 6. The van der Waals surface area contributed by atoms with Crippen LogP contribution in [0.2, 0.25) is 0 Å². The molecule has 24 heteroatoms. The average Bonchev–Trinajstić information content (AvgIpc) is 3.98. The Morgan fingerprint density at radius 1 is 0.816 bits per heavy atom. The van der Waals surface area contributed by atoms with Gasteiger partial charge in [0.2, 0.25) is 52.9 Å². The van der Waals surface area contributed by atoms with Gasteiger partial charge in [-0.05, 0) is 55.0 Å². The Kier molecular flexibility index (Phi) is 18.0. The number of amides is 8. The van der Waals surface area contributed by atoms with Crippen LogP contribution in [0.25, 0.3) is 22.3 Å². The van der Waals surface area contributed by atoms with Gasteiger partial charge < -0.3 is 50.7 Å². The number of fused-ring (bicyclic) bond motifs is 5. The molecule has 3 aliphatic heterocycles. The maximum Gasteiger partial charge on any atom is 0.355 e. The lowest BCUT2D eigenvalue weighted by atomic mass is 9.85. The Morgan fingerprint density at radius 3 is 2.24 bits per heavy atom. The van der Waals surface area contributed by atoms with E-state index in [2.05, 4.69) is 31.9 Å². The molecule has 0 saturated carbocycles. The zero-order valence-corrected chi connectivity index (χ0v) is 42.2. The Hall–Kier alpha value is -8.41. The van der Waals surface area contributed by atoms with Gasteiger partial charge >= 0.3 is 11.9 Å². The molecule has 23 nitrogen and oxygen atoms in total. The van der Waals surface area contributed by atoms with Crippen molar-refractivity contribution in [3.8, 4) is 11.4 Å². The number of benzene rings is 2. The number of unbranched alkanes of at least 4 members (excludes halogenated alkanes) is 2. The Labute approximate surface area is 434 Å². The number of pyridine rings is 2. The molecule has 0 aliphatic carbocycles. The molecule has 7 rings (SSSR count). The number of ether oxygens (including phenoxy) is 3. The van der Waals surface area contributed by atoms with E-state index in [1.807, 2.05) is 0 Å². The average molecular weight is 1050 g/mol. The lowest BCUT2D eigenvalue weighted by Gasteiger charge is -2.35. The molecule has 8 amide bonds. The quantitative estimate of drug-likeness (QED) is 0.0213. The molecule has 76 heavy (non-hydrogen) atoms. The van der Waals surface area contributed by atoms with Crippen LogP contribution in [0.15, 0.2) is 53.3 Å². The molecule has 1 saturated heterocycles. The molecule has 3 aliphatic rings. The summed E-state index contributed by atoms with van der Waals surface area (Å²) in [6, 6.07) is 11.9. The maximum atomic E-state index is 15.0. The standard InChI is InChI=1S/C52H58FN9O14/c1-4-52(76-30(3)63)36-19-40-48-34(25-62(40)50(72)35(36)26-75-51(52)73)33(32-17-29(2)37(53)20-38(32)60-48)21-54-45(68)27-74-28-58-43(66)23-57-49(71)39(18-31-11-7-5-8-12-31)59-44(67)24-56-42(65)22-55-41(64)13-9-6-10-16-61-46(69)14-15-47(61)70/h5,7-8,11-12,17,19-20,39H,4,6,9-10,13-16,18,21-28H2,1-3H3,(H,54,68)(H,55,64)(H,56,65)(H,57,71)(H,58,66)(H,59,67)/t39-,52-/m0/s1. The van der Waals surface area contributed by atoms with Crippen LogP contribution in [0.5, 0.6) is 0 Å². The van der Waals surface area contributed by atoms with Gasteiger partial charge in [0, 0.05) is 68.3 Å². The third-order valence-corrected chi connectivity index (χ3v) is 13.1. The van der Waals surface area contributed by atoms with Gasteiger partial charge in [-0.15, -0.1) is 0 Å². The van der Waals surface area contributed by atoms with Crippen LogP contribution in [-0.2, 0) is 93.9 Å². The molecular weight excluding hydrogens is 994 g/mol. The van der Waals surface area contributed by atoms with Crippen LogP contribution in [0.3, 0.4) is 0 Å². The van der Waals surface area contributed by atoms with Crippen LogP contribution < -0.4 is 37.5 Å². The van der Waals surface area contributed by atoms with Crippen LogP contribution in [0, 0.1) is 12.7 Å². The van der Waals surface area contributed by atoms with Crippen molar-refractivity contribution in [3.05, 3.63) is 98.1 Å². The monoisotopic (exact) mass is 1050 g/mol. The topological polar surface area (TPSA) is 309 Å². The van der Waals surface area contributed by atoms with Gasteiger partial charge in [-0.3, -0.25) is 52.8 Å².